The normalized spacial score (nSPS) is 12.6. The van der Waals surface area contributed by atoms with E-state index in [-0.39, 0.29) is 6.04 Å². The van der Waals surface area contributed by atoms with Gasteiger partial charge in [0, 0.05) is 18.3 Å². The van der Waals surface area contributed by atoms with Crippen molar-refractivity contribution in [1.82, 2.24) is 15.1 Å². The molecule has 1 atom stereocenters. The first-order chi connectivity index (χ1) is 9.15. The molecule has 0 aliphatic carbocycles. The molecule has 5 heteroatoms. The Balaban J connectivity index is 2.35. The van der Waals surface area contributed by atoms with Crippen molar-refractivity contribution in [3.63, 3.8) is 0 Å². The zero-order valence-corrected chi connectivity index (χ0v) is 12.5. The van der Waals surface area contributed by atoms with E-state index in [0.717, 1.165) is 24.2 Å². The largest absolute Gasteiger partial charge is 0.306 e. The third-order valence-electron chi connectivity index (χ3n) is 3.00. The summed E-state index contributed by atoms with van der Waals surface area (Å²) < 4.78 is 1.91. The molecule has 1 heterocycles. The maximum atomic E-state index is 6.10. The molecule has 1 unspecified atom stereocenters. The summed E-state index contributed by atoms with van der Waals surface area (Å²) in [5.74, 6) is 0. The summed E-state index contributed by atoms with van der Waals surface area (Å²) in [7, 11) is 0. The van der Waals surface area contributed by atoms with Crippen molar-refractivity contribution in [3.05, 3.63) is 51.8 Å². The number of nitrogens with one attached hydrogen (secondary N) is 1. The van der Waals surface area contributed by atoms with Gasteiger partial charge < -0.3 is 5.32 Å². The second-order valence-corrected chi connectivity index (χ2v) is 5.11. The standard InChI is InChI=1S/C14H17Cl2N3/c1-3-17-14(11-8-18-19(4-2)9-11)10-5-6-12(15)13(16)7-10/h5-9,14,17H,3-4H2,1-2H3. The van der Waals surface area contributed by atoms with Crippen molar-refractivity contribution < 1.29 is 0 Å². The molecule has 1 aromatic heterocycles. The number of nitrogens with zero attached hydrogens (tertiary/aromatic N) is 2. The van der Waals surface area contributed by atoms with E-state index >= 15 is 0 Å². The van der Waals surface area contributed by atoms with Gasteiger partial charge in [-0.2, -0.15) is 5.10 Å². The fraction of sp³-hybridized carbons (Fsp3) is 0.357. The number of benzene rings is 1. The molecule has 2 aromatic rings. The molecule has 1 aromatic carbocycles. The quantitative estimate of drug-likeness (QED) is 0.907. The lowest BCUT2D eigenvalue weighted by molar-refractivity contribution is 0.625. The molecule has 1 N–H and O–H groups in total. The monoisotopic (exact) mass is 297 g/mol. The van der Waals surface area contributed by atoms with Gasteiger partial charge in [-0.1, -0.05) is 36.2 Å². The van der Waals surface area contributed by atoms with E-state index in [0.29, 0.717) is 10.0 Å². The van der Waals surface area contributed by atoms with Crippen LogP contribution in [-0.2, 0) is 6.54 Å². The average molecular weight is 298 g/mol. The van der Waals surface area contributed by atoms with E-state index in [2.05, 4.69) is 30.5 Å². The summed E-state index contributed by atoms with van der Waals surface area (Å²) in [6.45, 7) is 5.87. The molecule has 0 spiro atoms. The zero-order chi connectivity index (χ0) is 13.8. The van der Waals surface area contributed by atoms with Crippen molar-refractivity contribution in [3.8, 4) is 0 Å². The predicted molar refractivity (Wildman–Crippen MR) is 79.9 cm³/mol. The summed E-state index contributed by atoms with van der Waals surface area (Å²) in [6.07, 6.45) is 3.94. The number of hydrogen-bond donors (Lipinski definition) is 1. The van der Waals surface area contributed by atoms with Gasteiger partial charge in [0.05, 0.1) is 22.3 Å². The summed E-state index contributed by atoms with van der Waals surface area (Å²) in [4.78, 5) is 0. The van der Waals surface area contributed by atoms with Gasteiger partial charge in [-0.15, -0.1) is 0 Å². The number of halogens is 2. The molecule has 0 fully saturated rings. The Bertz CT molecular complexity index is 551. The summed E-state index contributed by atoms with van der Waals surface area (Å²) >= 11 is 12.1. The van der Waals surface area contributed by atoms with Gasteiger partial charge in [0.2, 0.25) is 0 Å². The number of rotatable bonds is 5. The molecular formula is C14H17Cl2N3. The Kier molecular flexibility index (Phi) is 4.86. The third kappa shape index (κ3) is 3.30. The van der Waals surface area contributed by atoms with Crippen LogP contribution in [0.1, 0.15) is 31.0 Å². The second-order valence-electron chi connectivity index (χ2n) is 4.29. The SMILES string of the molecule is CCNC(c1ccc(Cl)c(Cl)c1)c1cnn(CC)c1. The molecule has 0 radical (unpaired) electrons. The van der Waals surface area contributed by atoms with E-state index in [9.17, 15) is 0 Å². The maximum Gasteiger partial charge on any atom is 0.0608 e. The van der Waals surface area contributed by atoms with Crippen molar-refractivity contribution in [2.45, 2.75) is 26.4 Å². The highest BCUT2D eigenvalue weighted by Crippen LogP contribution is 2.28. The van der Waals surface area contributed by atoms with Crippen molar-refractivity contribution in [1.29, 1.82) is 0 Å². The maximum absolute atomic E-state index is 6.10. The number of hydrogen-bond acceptors (Lipinski definition) is 2. The molecule has 102 valence electrons. The minimum atomic E-state index is 0.0834. The van der Waals surface area contributed by atoms with Gasteiger partial charge in [-0.25, -0.2) is 0 Å². The van der Waals surface area contributed by atoms with E-state index in [1.165, 1.54) is 0 Å². The Morgan fingerprint density at radius 2 is 2.00 bits per heavy atom. The molecule has 0 bridgehead atoms. The Labute approximate surface area is 123 Å². The molecule has 0 aliphatic heterocycles. The van der Waals surface area contributed by atoms with E-state index in [1.54, 1.807) is 0 Å². The molecule has 0 saturated heterocycles. The first-order valence-corrected chi connectivity index (χ1v) is 7.12. The molecular weight excluding hydrogens is 281 g/mol. The minimum absolute atomic E-state index is 0.0834. The fourth-order valence-corrected chi connectivity index (χ4v) is 2.33. The molecule has 3 nitrogen and oxygen atoms in total. The molecule has 0 amide bonds. The Morgan fingerprint density at radius 1 is 1.21 bits per heavy atom. The van der Waals surface area contributed by atoms with Crippen LogP contribution in [0.5, 0.6) is 0 Å². The third-order valence-corrected chi connectivity index (χ3v) is 3.73. The van der Waals surface area contributed by atoms with Crippen LogP contribution in [0.15, 0.2) is 30.6 Å². The van der Waals surface area contributed by atoms with Crippen LogP contribution in [0.3, 0.4) is 0 Å². The zero-order valence-electron chi connectivity index (χ0n) is 11.0. The first-order valence-electron chi connectivity index (χ1n) is 6.36. The van der Waals surface area contributed by atoms with Crippen LogP contribution in [0.2, 0.25) is 10.0 Å². The van der Waals surface area contributed by atoms with Gasteiger partial charge in [0.15, 0.2) is 0 Å². The van der Waals surface area contributed by atoms with Crippen LogP contribution in [0, 0.1) is 0 Å². The molecule has 0 saturated carbocycles. The Morgan fingerprint density at radius 3 is 2.58 bits per heavy atom. The smallest absolute Gasteiger partial charge is 0.0608 e. The van der Waals surface area contributed by atoms with E-state index in [1.807, 2.05) is 29.1 Å². The van der Waals surface area contributed by atoms with Crippen LogP contribution < -0.4 is 5.32 Å². The van der Waals surface area contributed by atoms with Gasteiger partial charge in [0.1, 0.15) is 0 Å². The lowest BCUT2D eigenvalue weighted by Crippen LogP contribution is -2.21. The summed E-state index contributed by atoms with van der Waals surface area (Å²) in [6, 6.07) is 5.80. The fourth-order valence-electron chi connectivity index (χ4n) is 2.03. The molecule has 19 heavy (non-hydrogen) atoms. The highest BCUT2D eigenvalue weighted by molar-refractivity contribution is 6.42. The second kappa shape index (κ2) is 6.42. The van der Waals surface area contributed by atoms with E-state index < -0.39 is 0 Å². The summed E-state index contributed by atoms with van der Waals surface area (Å²) in [5.41, 5.74) is 2.22. The lowest BCUT2D eigenvalue weighted by Gasteiger charge is -2.17. The van der Waals surface area contributed by atoms with Gasteiger partial charge in [-0.05, 0) is 31.2 Å². The van der Waals surface area contributed by atoms with E-state index in [4.69, 9.17) is 23.2 Å². The Hall–Kier alpha value is -1.03. The van der Waals surface area contributed by atoms with Crippen molar-refractivity contribution >= 4 is 23.2 Å². The van der Waals surface area contributed by atoms with Crippen LogP contribution in [0.25, 0.3) is 0 Å². The molecule has 2 rings (SSSR count). The van der Waals surface area contributed by atoms with Crippen LogP contribution in [0.4, 0.5) is 0 Å². The summed E-state index contributed by atoms with van der Waals surface area (Å²) in [5, 5.41) is 8.91. The highest BCUT2D eigenvalue weighted by atomic mass is 35.5. The first kappa shape index (κ1) is 14.4. The van der Waals surface area contributed by atoms with Gasteiger partial charge in [-0.3, -0.25) is 4.68 Å². The predicted octanol–water partition coefficient (Wildman–Crippen LogP) is 3.91. The van der Waals surface area contributed by atoms with Crippen molar-refractivity contribution in [2.24, 2.45) is 0 Å². The highest BCUT2D eigenvalue weighted by Gasteiger charge is 2.15. The van der Waals surface area contributed by atoms with Crippen LogP contribution in [-0.4, -0.2) is 16.3 Å². The molecule has 0 aliphatic rings. The van der Waals surface area contributed by atoms with Gasteiger partial charge in [0.25, 0.3) is 0 Å². The minimum Gasteiger partial charge on any atom is -0.306 e. The van der Waals surface area contributed by atoms with Crippen LogP contribution >= 0.6 is 23.2 Å². The lowest BCUT2D eigenvalue weighted by atomic mass is 10.0. The number of aromatic nitrogens is 2. The average Bonchev–Trinajstić information content (AvgIpc) is 2.88. The van der Waals surface area contributed by atoms with Gasteiger partial charge >= 0.3 is 0 Å². The van der Waals surface area contributed by atoms with Crippen molar-refractivity contribution in [2.75, 3.05) is 6.54 Å². The number of aryl methyl sites for hydroxylation is 1. The topological polar surface area (TPSA) is 29.9 Å².